The minimum absolute atomic E-state index is 0. The summed E-state index contributed by atoms with van der Waals surface area (Å²) < 4.78 is 5.19. The fraction of sp³-hybridized carbons (Fsp3) is 0.562. The molecule has 0 heterocycles. The smallest absolute Gasteiger partial charge is 0.191 e. The van der Waals surface area contributed by atoms with Gasteiger partial charge in [0.15, 0.2) is 5.96 Å². The summed E-state index contributed by atoms with van der Waals surface area (Å²) in [7, 11) is 1.68. The van der Waals surface area contributed by atoms with Crippen molar-refractivity contribution in [3.05, 3.63) is 29.8 Å². The zero-order valence-electron chi connectivity index (χ0n) is 13.7. The molecule has 0 aliphatic rings. The first-order valence-corrected chi connectivity index (χ1v) is 7.14. The van der Waals surface area contributed by atoms with Gasteiger partial charge in [-0.3, -0.25) is 4.99 Å². The molecule has 1 aromatic carbocycles. The molecule has 0 aliphatic heterocycles. The normalized spacial score (nSPS) is 11.8. The Bertz CT molecular complexity index is 439. The van der Waals surface area contributed by atoms with Gasteiger partial charge in [0.25, 0.3) is 0 Å². The lowest BCUT2D eigenvalue weighted by Gasteiger charge is -2.25. The highest BCUT2D eigenvalue weighted by atomic mass is 127. The molecule has 0 unspecified atom stereocenters. The first-order valence-electron chi connectivity index (χ1n) is 7.14. The first-order chi connectivity index (χ1) is 9.44. The second-order valence-electron chi connectivity index (χ2n) is 5.46. The van der Waals surface area contributed by atoms with Crippen LogP contribution in [0.1, 0.15) is 33.3 Å². The van der Waals surface area contributed by atoms with Gasteiger partial charge >= 0.3 is 0 Å². The lowest BCUT2D eigenvalue weighted by atomic mass is 9.85. The average molecular weight is 405 g/mol. The Hall–Kier alpha value is -0.980. The minimum Gasteiger partial charge on any atom is -0.497 e. The minimum atomic E-state index is -0.0515. The number of guanidine groups is 1. The van der Waals surface area contributed by atoms with E-state index in [1.165, 1.54) is 5.56 Å². The van der Waals surface area contributed by atoms with E-state index < -0.39 is 0 Å². The topological polar surface area (TPSA) is 50.8 Å². The van der Waals surface area contributed by atoms with E-state index in [0.29, 0.717) is 12.5 Å². The van der Waals surface area contributed by atoms with Gasteiger partial charge in [0, 0.05) is 18.5 Å². The van der Waals surface area contributed by atoms with E-state index in [0.717, 1.165) is 18.8 Å². The summed E-state index contributed by atoms with van der Waals surface area (Å²) in [6.45, 7) is 11.0. The molecule has 0 atom stereocenters. The van der Waals surface area contributed by atoms with Gasteiger partial charge < -0.3 is 15.4 Å². The molecule has 0 amide bonds. The summed E-state index contributed by atoms with van der Waals surface area (Å²) in [6.07, 6.45) is 0. The Morgan fingerprint density at radius 3 is 2.14 bits per heavy atom. The predicted octanol–water partition coefficient (Wildman–Crippen LogP) is 3.25. The van der Waals surface area contributed by atoms with Crippen LogP contribution in [0, 0.1) is 0 Å². The third-order valence-electron chi connectivity index (χ3n) is 3.60. The Balaban J connectivity index is 0.00000400. The highest BCUT2D eigenvalue weighted by Crippen LogP contribution is 2.25. The first kappa shape index (κ1) is 20.0. The van der Waals surface area contributed by atoms with Gasteiger partial charge in [0.2, 0.25) is 0 Å². The van der Waals surface area contributed by atoms with Gasteiger partial charge in [-0.15, -0.1) is 24.0 Å². The van der Waals surface area contributed by atoms with Crippen molar-refractivity contribution in [2.75, 3.05) is 26.7 Å². The van der Waals surface area contributed by atoms with E-state index in [2.05, 4.69) is 49.7 Å². The molecule has 5 heteroatoms. The Kier molecular flexibility index (Phi) is 8.70. The zero-order valence-corrected chi connectivity index (χ0v) is 16.0. The third kappa shape index (κ3) is 5.73. The van der Waals surface area contributed by atoms with Gasteiger partial charge in [0.05, 0.1) is 13.7 Å². The van der Waals surface area contributed by atoms with Gasteiger partial charge in [0.1, 0.15) is 5.75 Å². The molecule has 120 valence electrons. The quantitative estimate of drug-likeness (QED) is 0.449. The number of hydrogen-bond donors (Lipinski definition) is 1. The molecule has 0 fully saturated rings. The molecule has 2 N–H and O–H groups in total. The second kappa shape index (κ2) is 9.12. The van der Waals surface area contributed by atoms with Gasteiger partial charge in [-0.2, -0.15) is 0 Å². The van der Waals surface area contributed by atoms with E-state index in [1.807, 2.05) is 12.1 Å². The molecule has 0 spiro atoms. The van der Waals surface area contributed by atoms with Crippen LogP contribution in [0.4, 0.5) is 0 Å². The van der Waals surface area contributed by atoms with Crippen LogP contribution < -0.4 is 10.5 Å². The van der Waals surface area contributed by atoms with Crippen LogP contribution in [0.3, 0.4) is 0 Å². The standard InChI is InChI=1S/C16H27N3O.HI/c1-6-19(7-2)15(17)18-12-16(3,4)13-8-10-14(20-5)11-9-13;/h8-11H,6-7,12H2,1-5H3,(H2,17,18);1H. The zero-order chi connectivity index (χ0) is 15.2. The summed E-state index contributed by atoms with van der Waals surface area (Å²) in [5, 5.41) is 0. The highest BCUT2D eigenvalue weighted by Gasteiger charge is 2.20. The predicted molar refractivity (Wildman–Crippen MR) is 101 cm³/mol. The van der Waals surface area contributed by atoms with Crippen molar-refractivity contribution < 1.29 is 4.74 Å². The Morgan fingerprint density at radius 1 is 1.19 bits per heavy atom. The van der Waals surface area contributed by atoms with E-state index in [4.69, 9.17) is 10.5 Å². The van der Waals surface area contributed by atoms with Gasteiger partial charge in [-0.1, -0.05) is 26.0 Å². The van der Waals surface area contributed by atoms with Crippen molar-refractivity contribution in [1.29, 1.82) is 0 Å². The molecular weight excluding hydrogens is 377 g/mol. The van der Waals surface area contributed by atoms with Crippen LogP contribution in [0.2, 0.25) is 0 Å². The Labute approximate surface area is 145 Å². The van der Waals surface area contributed by atoms with Gasteiger partial charge in [-0.25, -0.2) is 0 Å². The second-order valence-corrected chi connectivity index (χ2v) is 5.46. The van der Waals surface area contributed by atoms with E-state index >= 15 is 0 Å². The molecule has 0 aliphatic carbocycles. The molecule has 0 bridgehead atoms. The van der Waals surface area contributed by atoms with Crippen molar-refractivity contribution in [2.45, 2.75) is 33.1 Å². The summed E-state index contributed by atoms with van der Waals surface area (Å²) >= 11 is 0. The van der Waals surface area contributed by atoms with E-state index in [-0.39, 0.29) is 29.4 Å². The number of halogens is 1. The fourth-order valence-electron chi connectivity index (χ4n) is 2.06. The van der Waals surface area contributed by atoms with Crippen molar-refractivity contribution in [1.82, 2.24) is 4.90 Å². The summed E-state index contributed by atoms with van der Waals surface area (Å²) in [4.78, 5) is 6.61. The van der Waals surface area contributed by atoms with E-state index in [1.54, 1.807) is 7.11 Å². The Morgan fingerprint density at radius 2 is 1.71 bits per heavy atom. The fourth-order valence-corrected chi connectivity index (χ4v) is 2.06. The number of aliphatic imine (C=N–C) groups is 1. The monoisotopic (exact) mass is 405 g/mol. The number of hydrogen-bond acceptors (Lipinski definition) is 2. The average Bonchev–Trinajstić information content (AvgIpc) is 2.46. The van der Waals surface area contributed by atoms with Crippen LogP contribution in [-0.4, -0.2) is 37.6 Å². The summed E-state index contributed by atoms with van der Waals surface area (Å²) in [5.41, 5.74) is 7.21. The summed E-state index contributed by atoms with van der Waals surface area (Å²) in [6, 6.07) is 8.13. The number of nitrogens with two attached hydrogens (primary N) is 1. The van der Waals surface area contributed by atoms with Crippen LogP contribution in [0.5, 0.6) is 5.75 Å². The number of methoxy groups -OCH3 is 1. The van der Waals surface area contributed by atoms with Crippen LogP contribution in [0.15, 0.2) is 29.3 Å². The van der Waals surface area contributed by atoms with Gasteiger partial charge in [-0.05, 0) is 31.5 Å². The van der Waals surface area contributed by atoms with E-state index in [9.17, 15) is 0 Å². The molecule has 4 nitrogen and oxygen atoms in total. The summed E-state index contributed by atoms with van der Waals surface area (Å²) in [5.74, 6) is 1.49. The van der Waals surface area contributed by atoms with Crippen LogP contribution >= 0.6 is 24.0 Å². The van der Waals surface area contributed by atoms with Crippen LogP contribution in [-0.2, 0) is 5.41 Å². The SMILES string of the molecule is CCN(CC)C(N)=NCC(C)(C)c1ccc(OC)cc1.I. The lowest BCUT2D eigenvalue weighted by Crippen LogP contribution is -2.38. The number of rotatable bonds is 6. The van der Waals surface area contributed by atoms with Crippen LogP contribution in [0.25, 0.3) is 0 Å². The lowest BCUT2D eigenvalue weighted by molar-refractivity contribution is 0.414. The largest absolute Gasteiger partial charge is 0.497 e. The maximum Gasteiger partial charge on any atom is 0.191 e. The van der Waals surface area contributed by atoms with Crippen molar-refractivity contribution >= 4 is 29.9 Å². The maximum absolute atomic E-state index is 6.03. The maximum atomic E-state index is 6.03. The molecule has 1 rings (SSSR count). The number of ether oxygens (including phenoxy) is 1. The van der Waals surface area contributed by atoms with Crippen molar-refractivity contribution in [3.8, 4) is 5.75 Å². The molecule has 0 aromatic heterocycles. The van der Waals surface area contributed by atoms with Crippen molar-refractivity contribution in [3.63, 3.8) is 0 Å². The number of benzene rings is 1. The third-order valence-corrected chi connectivity index (χ3v) is 3.60. The molecule has 0 saturated heterocycles. The van der Waals surface area contributed by atoms with Crippen molar-refractivity contribution in [2.24, 2.45) is 10.7 Å². The molecular formula is C16H28IN3O. The molecule has 0 saturated carbocycles. The molecule has 0 radical (unpaired) electrons. The number of nitrogens with zero attached hydrogens (tertiary/aromatic N) is 2. The highest BCUT2D eigenvalue weighted by molar-refractivity contribution is 14.0. The molecule has 1 aromatic rings. The molecule has 21 heavy (non-hydrogen) atoms.